The number of hydrogen-bond donors (Lipinski definition) is 2. The van der Waals surface area contributed by atoms with Crippen molar-refractivity contribution in [2.75, 3.05) is 13.1 Å². The molecule has 1 amide bonds. The van der Waals surface area contributed by atoms with Crippen LogP contribution in [0, 0.1) is 0 Å². The Labute approximate surface area is 120 Å². The summed E-state index contributed by atoms with van der Waals surface area (Å²) < 4.78 is 5.59. The van der Waals surface area contributed by atoms with Gasteiger partial charge in [0, 0.05) is 18.2 Å². The minimum absolute atomic E-state index is 0.0365. The Hall–Kier alpha value is -1.55. The summed E-state index contributed by atoms with van der Waals surface area (Å²) >= 11 is 0. The van der Waals surface area contributed by atoms with E-state index in [0.29, 0.717) is 12.1 Å². The zero-order chi connectivity index (χ0) is 14.4. The fourth-order valence-electron chi connectivity index (χ4n) is 1.97. The number of amides is 1. The highest BCUT2D eigenvalue weighted by Gasteiger charge is 2.19. The molecule has 1 aromatic rings. The van der Waals surface area contributed by atoms with Crippen molar-refractivity contribution in [3.63, 3.8) is 0 Å². The molecule has 2 N–H and O–H groups in total. The molecule has 0 atom stereocenters. The van der Waals surface area contributed by atoms with Crippen molar-refractivity contribution in [1.29, 1.82) is 0 Å². The molecule has 20 heavy (non-hydrogen) atoms. The van der Waals surface area contributed by atoms with Gasteiger partial charge in [-0.25, -0.2) is 0 Å². The molecule has 1 aliphatic carbocycles. The predicted octanol–water partition coefficient (Wildman–Crippen LogP) is 2.35. The Morgan fingerprint density at radius 2 is 2.15 bits per heavy atom. The highest BCUT2D eigenvalue weighted by molar-refractivity contribution is 5.94. The van der Waals surface area contributed by atoms with Crippen molar-refractivity contribution >= 4 is 5.91 Å². The molecule has 2 rings (SSSR count). The monoisotopic (exact) mass is 276 g/mol. The van der Waals surface area contributed by atoms with E-state index in [1.165, 1.54) is 12.8 Å². The maximum atomic E-state index is 12.0. The second-order valence-corrected chi connectivity index (χ2v) is 5.53. The maximum absolute atomic E-state index is 12.0. The summed E-state index contributed by atoms with van der Waals surface area (Å²) in [7, 11) is 0. The molecule has 0 radical (unpaired) electrons. The Bertz CT molecular complexity index is 442. The molecule has 4 heteroatoms. The lowest BCUT2D eigenvalue weighted by Gasteiger charge is -2.11. The molecule has 110 valence electrons. The van der Waals surface area contributed by atoms with E-state index in [9.17, 15) is 4.79 Å². The highest BCUT2D eigenvalue weighted by Crippen LogP contribution is 2.18. The second kappa shape index (κ2) is 7.29. The number of nitrogens with one attached hydrogen (secondary N) is 2. The summed E-state index contributed by atoms with van der Waals surface area (Å²) in [6.45, 7) is 5.62. The van der Waals surface area contributed by atoms with Crippen molar-refractivity contribution < 1.29 is 9.53 Å². The third-order valence-corrected chi connectivity index (χ3v) is 3.12. The molecule has 0 saturated heterocycles. The van der Waals surface area contributed by atoms with Gasteiger partial charge in [-0.05, 0) is 57.9 Å². The summed E-state index contributed by atoms with van der Waals surface area (Å²) in [4.78, 5) is 12.0. The summed E-state index contributed by atoms with van der Waals surface area (Å²) in [5, 5.41) is 6.37. The van der Waals surface area contributed by atoms with E-state index < -0.39 is 0 Å². The van der Waals surface area contributed by atoms with Crippen LogP contribution in [-0.2, 0) is 0 Å². The van der Waals surface area contributed by atoms with Crippen LogP contribution >= 0.6 is 0 Å². The fraction of sp³-hybridized carbons (Fsp3) is 0.562. The first-order valence-electron chi connectivity index (χ1n) is 7.43. The number of hydrogen-bond acceptors (Lipinski definition) is 3. The topological polar surface area (TPSA) is 50.4 Å². The van der Waals surface area contributed by atoms with Gasteiger partial charge in [0.25, 0.3) is 5.91 Å². The van der Waals surface area contributed by atoms with Crippen LogP contribution in [0.2, 0.25) is 0 Å². The van der Waals surface area contributed by atoms with Crippen molar-refractivity contribution in [2.24, 2.45) is 0 Å². The number of benzene rings is 1. The number of carbonyl (C=O) groups excluding carboxylic acids is 1. The minimum atomic E-state index is -0.0365. The van der Waals surface area contributed by atoms with Crippen LogP contribution in [0.4, 0.5) is 0 Å². The third kappa shape index (κ3) is 5.21. The second-order valence-electron chi connectivity index (χ2n) is 5.53. The van der Waals surface area contributed by atoms with Gasteiger partial charge in [0.05, 0.1) is 6.10 Å². The van der Waals surface area contributed by atoms with E-state index in [1.807, 2.05) is 32.0 Å². The summed E-state index contributed by atoms with van der Waals surface area (Å²) in [6.07, 6.45) is 3.68. The molecule has 1 aromatic carbocycles. The molecule has 1 fully saturated rings. The van der Waals surface area contributed by atoms with Gasteiger partial charge in [-0.2, -0.15) is 0 Å². The van der Waals surface area contributed by atoms with E-state index in [-0.39, 0.29) is 12.0 Å². The summed E-state index contributed by atoms with van der Waals surface area (Å²) in [6, 6.07) is 8.05. The lowest BCUT2D eigenvalue weighted by molar-refractivity contribution is 0.0952. The molecule has 0 bridgehead atoms. The van der Waals surface area contributed by atoms with E-state index in [0.717, 1.165) is 24.8 Å². The molecule has 1 aliphatic rings. The maximum Gasteiger partial charge on any atom is 0.251 e. The summed E-state index contributed by atoms with van der Waals surface area (Å²) in [5.74, 6) is 0.702. The fourth-order valence-corrected chi connectivity index (χ4v) is 1.97. The predicted molar refractivity (Wildman–Crippen MR) is 80.2 cm³/mol. The van der Waals surface area contributed by atoms with E-state index in [1.54, 1.807) is 6.07 Å². The zero-order valence-corrected chi connectivity index (χ0v) is 12.3. The van der Waals surface area contributed by atoms with Crippen LogP contribution in [-0.4, -0.2) is 31.1 Å². The van der Waals surface area contributed by atoms with Gasteiger partial charge >= 0.3 is 0 Å². The standard InChI is InChI=1S/C16H24N2O2/c1-12(2)20-15-6-3-5-13(11-15)16(19)18-10-4-9-17-14-7-8-14/h3,5-6,11-12,14,17H,4,7-10H2,1-2H3,(H,18,19). The molecule has 0 aromatic heterocycles. The van der Waals surface area contributed by atoms with E-state index in [2.05, 4.69) is 10.6 Å². The van der Waals surface area contributed by atoms with Crippen LogP contribution in [0.15, 0.2) is 24.3 Å². The highest BCUT2D eigenvalue weighted by atomic mass is 16.5. The van der Waals surface area contributed by atoms with Gasteiger partial charge in [-0.1, -0.05) is 6.07 Å². The van der Waals surface area contributed by atoms with Gasteiger partial charge in [-0.3, -0.25) is 4.79 Å². The lowest BCUT2D eigenvalue weighted by atomic mass is 10.2. The van der Waals surface area contributed by atoms with Gasteiger partial charge in [0.15, 0.2) is 0 Å². The molecule has 0 heterocycles. The molecule has 1 saturated carbocycles. The van der Waals surface area contributed by atoms with Gasteiger partial charge in [-0.15, -0.1) is 0 Å². The summed E-state index contributed by atoms with van der Waals surface area (Å²) in [5.41, 5.74) is 0.651. The van der Waals surface area contributed by atoms with Crippen molar-refractivity contribution in [2.45, 2.75) is 45.3 Å². The molecule has 0 unspecified atom stereocenters. The van der Waals surface area contributed by atoms with Crippen molar-refractivity contribution in [3.8, 4) is 5.75 Å². The van der Waals surface area contributed by atoms with Crippen LogP contribution in [0.3, 0.4) is 0 Å². The average Bonchev–Trinajstić information content (AvgIpc) is 3.22. The van der Waals surface area contributed by atoms with Crippen LogP contribution < -0.4 is 15.4 Å². The zero-order valence-electron chi connectivity index (χ0n) is 12.3. The van der Waals surface area contributed by atoms with E-state index >= 15 is 0 Å². The van der Waals surface area contributed by atoms with E-state index in [4.69, 9.17) is 4.74 Å². The van der Waals surface area contributed by atoms with Gasteiger partial charge in [0.1, 0.15) is 5.75 Å². The number of carbonyl (C=O) groups is 1. The largest absolute Gasteiger partial charge is 0.491 e. The quantitative estimate of drug-likeness (QED) is 0.717. The van der Waals surface area contributed by atoms with Gasteiger partial charge in [0.2, 0.25) is 0 Å². The van der Waals surface area contributed by atoms with Crippen molar-refractivity contribution in [1.82, 2.24) is 10.6 Å². The first-order valence-corrected chi connectivity index (χ1v) is 7.43. The first kappa shape index (κ1) is 14.9. The molecular weight excluding hydrogens is 252 g/mol. The van der Waals surface area contributed by atoms with Crippen LogP contribution in [0.5, 0.6) is 5.75 Å². The Morgan fingerprint density at radius 3 is 2.85 bits per heavy atom. The average molecular weight is 276 g/mol. The smallest absolute Gasteiger partial charge is 0.251 e. The lowest BCUT2D eigenvalue weighted by Crippen LogP contribution is -2.28. The van der Waals surface area contributed by atoms with Crippen LogP contribution in [0.1, 0.15) is 43.5 Å². The molecule has 0 aliphatic heterocycles. The molecule has 4 nitrogen and oxygen atoms in total. The Morgan fingerprint density at radius 1 is 1.35 bits per heavy atom. The Kier molecular flexibility index (Phi) is 5.41. The van der Waals surface area contributed by atoms with Crippen molar-refractivity contribution in [3.05, 3.63) is 29.8 Å². The SMILES string of the molecule is CC(C)Oc1cccc(C(=O)NCCCNC2CC2)c1. The normalized spacial score (nSPS) is 14.3. The van der Waals surface area contributed by atoms with Gasteiger partial charge < -0.3 is 15.4 Å². The third-order valence-electron chi connectivity index (χ3n) is 3.12. The van der Waals surface area contributed by atoms with Crippen LogP contribution in [0.25, 0.3) is 0 Å². The Balaban J connectivity index is 1.72. The minimum Gasteiger partial charge on any atom is -0.491 e. The first-order chi connectivity index (χ1) is 9.65. The number of ether oxygens (including phenoxy) is 1. The molecule has 0 spiro atoms. The number of rotatable bonds is 8. The molecular formula is C16H24N2O2.